The third-order valence-electron chi connectivity index (χ3n) is 1.23. The van der Waals surface area contributed by atoms with Crippen LogP contribution < -0.4 is 0 Å². The summed E-state index contributed by atoms with van der Waals surface area (Å²) < 4.78 is 5.27. The van der Waals surface area contributed by atoms with Crippen LogP contribution in [0.3, 0.4) is 0 Å². The quantitative estimate of drug-likeness (QED) is 0.724. The summed E-state index contributed by atoms with van der Waals surface area (Å²) in [5.41, 5.74) is 0.263. The van der Waals surface area contributed by atoms with Gasteiger partial charge in [0.05, 0.1) is 6.20 Å². The third-order valence-corrected chi connectivity index (χ3v) is 1.60. The minimum Gasteiger partial charge on any atom is -0.436 e. The van der Waals surface area contributed by atoms with Crippen LogP contribution in [0.25, 0.3) is 0 Å². The van der Waals surface area contributed by atoms with Crippen molar-refractivity contribution in [2.45, 2.75) is 27.2 Å². The molecule has 1 rings (SSSR count). The summed E-state index contributed by atoms with van der Waals surface area (Å²) in [5, 5.41) is 0. The Morgan fingerprint density at radius 1 is 1.55 bits per heavy atom. The van der Waals surface area contributed by atoms with Crippen molar-refractivity contribution in [3.8, 4) is 0 Å². The molecule has 0 aliphatic rings. The first kappa shape index (κ1) is 8.78. The maximum atomic E-state index is 5.27. The Kier molecular flexibility index (Phi) is 2.37. The molecule has 0 unspecified atom stereocenters. The average Bonchev–Trinajstić information content (AvgIpc) is 2.10. The molecule has 0 atom stereocenters. The summed E-state index contributed by atoms with van der Waals surface area (Å²) in [6.07, 6.45) is 2.68. The van der Waals surface area contributed by atoms with E-state index in [0.29, 0.717) is 4.80 Å². The van der Waals surface area contributed by atoms with Crippen LogP contribution in [0.5, 0.6) is 0 Å². The lowest BCUT2D eigenvalue weighted by Gasteiger charge is -2.14. The molecular formula is C8H12BrNO. The zero-order valence-electron chi connectivity index (χ0n) is 7.02. The van der Waals surface area contributed by atoms with Crippen molar-refractivity contribution in [1.82, 2.24) is 4.98 Å². The first-order valence-electron chi connectivity index (χ1n) is 3.57. The molecule has 0 bridgehead atoms. The highest BCUT2D eigenvalue weighted by atomic mass is 79.9. The molecular weight excluding hydrogens is 206 g/mol. The Balaban J connectivity index is 2.65. The van der Waals surface area contributed by atoms with Crippen molar-refractivity contribution in [3.05, 3.63) is 16.8 Å². The van der Waals surface area contributed by atoms with E-state index in [4.69, 9.17) is 4.42 Å². The highest BCUT2D eigenvalue weighted by Gasteiger charge is 2.13. The van der Waals surface area contributed by atoms with E-state index in [1.54, 1.807) is 6.20 Å². The summed E-state index contributed by atoms with van der Waals surface area (Å²) in [4.78, 5) is 4.52. The predicted octanol–water partition coefficient (Wildman–Crippen LogP) is 3.03. The molecule has 62 valence electrons. The Bertz CT molecular complexity index is 236. The van der Waals surface area contributed by atoms with E-state index < -0.39 is 0 Å². The molecule has 2 nitrogen and oxygen atoms in total. The fraction of sp³-hybridized carbons (Fsp3) is 0.625. The SMILES string of the molecule is CC(C)(C)Cc1cnc(Br)o1. The van der Waals surface area contributed by atoms with Gasteiger partial charge in [-0.15, -0.1) is 0 Å². The van der Waals surface area contributed by atoms with Gasteiger partial charge in [0.2, 0.25) is 0 Å². The van der Waals surface area contributed by atoms with E-state index >= 15 is 0 Å². The zero-order valence-corrected chi connectivity index (χ0v) is 8.60. The Labute approximate surface area is 75.1 Å². The first-order valence-corrected chi connectivity index (χ1v) is 4.37. The molecule has 0 aromatic carbocycles. The van der Waals surface area contributed by atoms with Gasteiger partial charge < -0.3 is 4.42 Å². The van der Waals surface area contributed by atoms with Gasteiger partial charge in [-0.3, -0.25) is 0 Å². The van der Waals surface area contributed by atoms with Crippen molar-refractivity contribution in [2.24, 2.45) is 5.41 Å². The Morgan fingerprint density at radius 3 is 2.55 bits per heavy atom. The summed E-state index contributed by atoms with van der Waals surface area (Å²) in [6, 6.07) is 0. The van der Waals surface area contributed by atoms with Gasteiger partial charge >= 0.3 is 0 Å². The van der Waals surface area contributed by atoms with E-state index in [2.05, 4.69) is 41.7 Å². The molecule has 0 amide bonds. The normalized spacial score (nSPS) is 12.0. The number of rotatable bonds is 1. The summed E-state index contributed by atoms with van der Waals surface area (Å²) in [6.45, 7) is 6.51. The van der Waals surface area contributed by atoms with Crippen LogP contribution in [-0.2, 0) is 6.42 Å². The fourth-order valence-electron chi connectivity index (χ4n) is 0.888. The van der Waals surface area contributed by atoms with Crippen molar-refractivity contribution in [3.63, 3.8) is 0 Å². The van der Waals surface area contributed by atoms with E-state index in [9.17, 15) is 0 Å². The van der Waals surface area contributed by atoms with Gasteiger partial charge in [0, 0.05) is 22.4 Å². The smallest absolute Gasteiger partial charge is 0.264 e. The highest BCUT2D eigenvalue weighted by molar-refractivity contribution is 9.10. The fourth-order valence-corrected chi connectivity index (χ4v) is 1.20. The zero-order chi connectivity index (χ0) is 8.48. The van der Waals surface area contributed by atoms with Crippen molar-refractivity contribution < 1.29 is 4.42 Å². The maximum Gasteiger partial charge on any atom is 0.264 e. The van der Waals surface area contributed by atoms with Crippen LogP contribution in [0.4, 0.5) is 0 Å². The van der Waals surface area contributed by atoms with Crippen LogP contribution in [0.15, 0.2) is 15.4 Å². The van der Waals surface area contributed by atoms with Crippen LogP contribution >= 0.6 is 15.9 Å². The van der Waals surface area contributed by atoms with Crippen LogP contribution in [0, 0.1) is 5.41 Å². The molecule has 3 heteroatoms. The summed E-state index contributed by atoms with van der Waals surface area (Å²) in [7, 11) is 0. The largest absolute Gasteiger partial charge is 0.436 e. The molecule has 0 N–H and O–H groups in total. The van der Waals surface area contributed by atoms with Gasteiger partial charge in [0.15, 0.2) is 0 Å². The minimum absolute atomic E-state index is 0.263. The molecule has 0 aliphatic heterocycles. The molecule has 0 saturated carbocycles. The van der Waals surface area contributed by atoms with E-state index in [0.717, 1.165) is 12.2 Å². The number of halogens is 1. The number of aromatic nitrogens is 1. The molecule has 11 heavy (non-hydrogen) atoms. The van der Waals surface area contributed by atoms with Gasteiger partial charge in [-0.05, 0) is 5.41 Å². The molecule has 0 saturated heterocycles. The molecule has 0 fully saturated rings. The Hall–Kier alpha value is -0.310. The second-order valence-electron chi connectivity index (χ2n) is 3.82. The van der Waals surface area contributed by atoms with Crippen LogP contribution in [-0.4, -0.2) is 4.98 Å². The first-order chi connectivity index (χ1) is 4.97. The minimum atomic E-state index is 0.263. The highest BCUT2D eigenvalue weighted by Crippen LogP contribution is 2.21. The number of nitrogens with zero attached hydrogens (tertiary/aromatic N) is 1. The lowest BCUT2D eigenvalue weighted by atomic mass is 9.91. The predicted molar refractivity (Wildman–Crippen MR) is 47.4 cm³/mol. The summed E-state index contributed by atoms with van der Waals surface area (Å²) in [5.74, 6) is 0.935. The summed E-state index contributed by atoms with van der Waals surface area (Å²) >= 11 is 3.16. The second kappa shape index (κ2) is 2.97. The molecule has 0 radical (unpaired) electrons. The van der Waals surface area contributed by atoms with E-state index in [1.807, 2.05) is 0 Å². The Morgan fingerprint density at radius 2 is 2.18 bits per heavy atom. The van der Waals surface area contributed by atoms with Gasteiger partial charge in [0.25, 0.3) is 4.80 Å². The lowest BCUT2D eigenvalue weighted by molar-refractivity contribution is 0.357. The van der Waals surface area contributed by atoms with Gasteiger partial charge in [-0.1, -0.05) is 20.8 Å². The molecule has 0 aliphatic carbocycles. The molecule has 1 aromatic heterocycles. The van der Waals surface area contributed by atoms with Crippen LogP contribution in [0.1, 0.15) is 26.5 Å². The number of hydrogen-bond acceptors (Lipinski definition) is 2. The van der Waals surface area contributed by atoms with E-state index in [1.165, 1.54) is 0 Å². The molecule has 1 heterocycles. The second-order valence-corrected chi connectivity index (χ2v) is 4.50. The van der Waals surface area contributed by atoms with Crippen LogP contribution in [0.2, 0.25) is 0 Å². The number of hydrogen-bond donors (Lipinski definition) is 0. The molecule has 0 spiro atoms. The maximum absolute atomic E-state index is 5.27. The third kappa shape index (κ3) is 3.06. The topological polar surface area (TPSA) is 26.0 Å². The van der Waals surface area contributed by atoms with Crippen molar-refractivity contribution in [1.29, 1.82) is 0 Å². The van der Waals surface area contributed by atoms with Gasteiger partial charge in [-0.2, -0.15) is 0 Å². The number of oxazole rings is 1. The molecule has 1 aromatic rings. The van der Waals surface area contributed by atoms with E-state index in [-0.39, 0.29) is 5.41 Å². The van der Waals surface area contributed by atoms with Gasteiger partial charge in [0.1, 0.15) is 5.76 Å². The monoisotopic (exact) mass is 217 g/mol. The van der Waals surface area contributed by atoms with Gasteiger partial charge in [-0.25, -0.2) is 4.98 Å². The van der Waals surface area contributed by atoms with Crippen molar-refractivity contribution >= 4 is 15.9 Å². The van der Waals surface area contributed by atoms with Crippen molar-refractivity contribution in [2.75, 3.05) is 0 Å². The lowest BCUT2D eigenvalue weighted by Crippen LogP contribution is -2.08. The standard InChI is InChI=1S/C8H12BrNO/c1-8(2,3)4-6-5-10-7(9)11-6/h5H,4H2,1-3H3. The average molecular weight is 218 g/mol.